The Labute approximate surface area is 61.6 Å². The second-order valence-electron chi connectivity index (χ2n) is 3.74. The third kappa shape index (κ3) is 0.722. The minimum Gasteiger partial charge on any atom is -0.396 e. The fraction of sp³-hybridized carbons (Fsp3) is 1.00. The highest BCUT2D eigenvalue weighted by atomic mass is 16.3. The van der Waals surface area contributed by atoms with E-state index in [0.29, 0.717) is 17.9 Å². The van der Waals surface area contributed by atoms with Gasteiger partial charge in [-0.15, -0.1) is 0 Å². The molecule has 2 N–H and O–H groups in total. The zero-order valence-corrected chi connectivity index (χ0v) is 6.27. The Bertz CT molecular complexity index is 131. The summed E-state index contributed by atoms with van der Waals surface area (Å²) in [4.78, 5) is 0. The molecule has 1 saturated heterocycles. The summed E-state index contributed by atoms with van der Waals surface area (Å²) in [6.45, 7) is 2.71. The van der Waals surface area contributed by atoms with E-state index in [4.69, 9.17) is 5.11 Å². The largest absolute Gasteiger partial charge is 0.396 e. The first kappa shape index (κ1) is 6.62. The van der Waals surface area contributed by atoms with E-state index in [1.807, 2.05) is 0 Å². The van der Waals surface area contributed by atoms with Crippen LogP contribution in [0.15, 0.2) is 0 Å². The molecule has 0 aromatic heterocycles. The summed E-state index contributed by atoms with van der Waals surface area (Å²) < 4.78 is 0. The van der Waals surface area contributed by atoms with Crippen LogP contribution in [0, 0.1) is 11.3 Å². The lowest BCUT2D eigenvalue weighted by atomic mass is 9.73. The van der Waals surface area contributed by atoms with Gasteiger partial charge in [-0.1, -0.05) is 6.42 Å². The lowest BCUT2D eigenvalue weighted by Crippen LogP contribution is -2.56. The first-order chi connectivity index (χ1) is 4.87. The van der Waals surface area contributed by atoms with Gasteiger partial charge in [0.25, 0.3) is 0 Å². The average Bonchev–Trinajstić information content (AvgIpc) is 2.27. The number of aliphatic hydroxyl groups excluding tert-OH is 1. The molecule has 0 bridgehead atoms. The Morgan fingerprint density at radius 1 is 1.50 bits per heavy atom. The Hall–Kier alpha value is -0.0800. The molecule has 2 aliphatic rings. The zero-order chi connectivity index (χ0) is 7.03. The fourth-order valence-electron chi connectivity index (χ4n) is 2.41. The molecule has 1 saturated carbocycles. The van der Waals surface area contributed by atoms with Crippen LogP contribution in [-0.4, -0.2) is 24.8 Å². The van der Waals surface area contributed by atoms with Gasteiger partial charge in [-0.05, 0) is 18.8 Å². The average molecular weight is 141 g/mol. The molecule has 1 aliphatic heterocycles. The molecule has 10 heavy (non-hydrogen) atoms. The Kier molecular flexibility index (Phi) is 1.46. The SMILES string of the molecule is OCC1CCCC12CNC2. The smallest absolute Gasteiger partial charge is 0.0465 e. The molecule has 1 heterocycles. The van der Waals surface area contributed by atoms with Crippen LogP contribution in [0.4, 0.5) is 0 Å². The van der Waals surface area contributed by atoms with Crippen molar-refractivity contribution in [2.45, 2.75) is 19.3 Å². The van der Waals surface area contributed by atoms with Gasteiger partial charge in [0, 0.05) is 25.1 Å². The maximum Gasteiger partial charge on any atom is 0.0465 e. The van der Waals surface area contributed by atoms with Crippen molar-refractivity contribution in [3.63, 3.8) is 0 Å². The molecule has 2 nitrogen and oxygen atoms in total. The van der Waals surface area contributed by atoms with E-state index in [-0.39, 0.29) is 0 Å². The van der Waals surface area contributed by atoms with Crippen molar-refractivity contribution in [2.24, 2.45) is 11.3 Å². The molecule has 1 unspecified atom stereocenters. The molecule has 58 valence electrons. The molecule has 0 radical (unpaired) electrons. The number of hydrogen-bond acceptors (Lipinski definition) is 2. The maximum absolute atomic E-state index is 9.04. The third-order valence-electron chi connectivity index (χ3n) is 3.27. The molecular weight excluding hydrogens is 126 g/mol. The van der Waals surface area contributed by atoms with E-state index in [1.54, 1.807) is 0 Å². The Balaban J connectivity index is 2.05. The first-order valence-electron chi connectivity index (χ1n) is 4.19. The van der Waals surface area contributed by atoms with Crippen molar-refractivity contribution in [3.05, 3.63) is 0 Å². The van der Waals surface area contributed by atoms with Crippen molar-refractivity contribution in [3.8, 4) is 0 Å². The van der Waals surface area contributed by atoms with E-state index in [0.717, 1.165) is 13.1 Å². The van der Waals surface area contributed by atoms with Crippen LogP contribution in [0.1, 0.15) is 19.3 Å². The van der Waals surface area contributed by atoms with Crippen molar-refractivity contribution in [2.75, 3.05) is 19.7 Å². The molecule has 0 aromatic carbocycles. The minimum absolute atomic E-state index is 0.404. The summed E-state index contributed by atoms with van der Waals surface area (Å²) >= 11 is 0. The highest BCUT2D eigenvalue weighted by molar-refractivity contribution is 5.00. The summed E-state index contributed by atoms with van der Waals surface area (Å²) in [5, 5.41) is 12.3. The lowest BCUT2D eigenvalue weighted by molar-refractivity contribution is 0.0636. The quantitative estimate of drug-likeness (QED) is 0.553. The van der Waals surface area contributed by atoms with Crippen molar-refractivity contribution >= 4 is 0 Å². The topological polar surface area (TPSA) is 32.3 Å². The monoisotopic (exact) mass is 141 g/mol. The van der Waals surface area contributed by atoms with Gasteiger partial charge >= 0.3 is 0 Å². The van der Waals surface area contributed by atoms with E-state index >= 15 is 0 Å². The van der Waals surface area contributed by atoms with Gasteiger partial charge in [0.2, 0.25) is 0 Å². The highest BCUT2D eigenvalue weighted by Crippen LogP contribution is 2.45. The summed E-state index contributed by atoms with van der Waals surface area (Å²) in [6.07, 6.45) is 3.91. The van der Waals surface area contributed by atoms with Crippen LogP contribution in [-0.2, 0) is 0 Å². The molecule has 0 aromatic rings. The summed E-state index contributed by atoms with van der Waals surface area (Å²) in [6, 6.07) is 0. The van der Waals surface area contributed by atoms with Gasteiger partial charge < -0.3 is 10.4 Å². The number of nitrogens with one attached hydrogen (secondary N) is 1. The van der Waals surface area contributed by atoms with Crippen molar-refractivity contribution in [1.82, 2.24) is 5.32 Å². The Morgan fingerprint density at radius 2 is 2.30 bits per heavy atom. The molecule has 0 amide bonds. The van der Waals surface area contributed by atoms with Crippen LogP contribution < -0.4 is 5.32 Å². The van der Waals surface area contributed by atoms with E-state index in [9.17, 15) is 0 Å². The summed E-state index contributed by atoms with van der Waals surface area (Å²) in [7, 11) is 0. The van der Waals surface area contributed by atoms with Crippen LogP contribution in [0.5, 0.6) is 0 Å². The fourth-order valence-corrected chi connectivity index (χ4v) is 2.41. The lowest BCUT2D eigenvalue weighted by Gasteiger charge is -2.43. The van der Waals surface area contributed by atoms with E-state index in [2.05, 4.69) is 5.32 Å². The molecular formula is C8H15NO. The van der Waals surface area contributed by atoms with Gasteiger partial charge in [-0.2, -0.15) is 0 Å². The summed E-state index contributed by atoms with van der Waals surface area (Å²) in [5.74, 6) is 0.605. The van der Waals surface area contributed by atoms with Crippen LogP contribution in [0.2, 0.25) is 0 Å². The highest BCUT2D eigenvalue weighted by Gasteiger charge is 2.46. The summed E-state index contributed by atoms with van der Waals surface area (Å²) in [5.41, 5.74) is 0.523. The van der Waals surface area contributed by atoms with E-state index in [1.165, 1.54) is 19.3 Å². The third-order valence-corrected chi connectivity index (χ3v) is 3.27. The zero-order valence-electron chi connectivity index (χ0n) is 6.27. The Morgan fingerprint density at radius 3 is 2.70 bits per heavy atom. The maximum atomic E-state index is 9.04. The van der Waals surface area contributed by atoms with E-state index < -0.39 is 0 Å². The van der Waals surface area contributed by atoms with Gasteiger partial charge in [-0.25, -0.2) is 0 Å². The molecule has 2 heteroatoms. The van der Waals surface area contributed by atoms with Crippen LogP contribution >= 0.6 is 0 Å². The van der Waals surface area contributed by atoms with Gasteiger partial charge in [0.05, 0.1) is 0 Å². The van der Waals surface area contributed by atoms with Crippen molar-refractivity contribution < 1.29 is 5.11 Å². The second-order valence-corrected chi connectivity index (χ2v) is 3.74. The molecule has 1 atom stereocenters. The molecule has 2 rings (SSSR count). The molecule has 1 aliphatic carbocycles. The normalized spacial score (nSPS) is 36.3. The molecule has 1 spiro atoms. The predicted octanol–water partition coefficient (Wildman–Crippen LogP) is 0.368. The minimum atomic E-state index is 0.404. The van der Waals surface area contributed by atoms with Crippen LogP contribution in [0.25, 0.3) is 0 Å². The van der Waals surface area contributed by atoms with Crippen molar-refractivity contribution in [1.29, 1.82) is 0 Å². The first-order valence-corrected chi connectivity index (χ1v) is 4.19. The second kappa shape index (κ2) is 2.21. The number of aliphatic hydroxyl groups is 1. The predicted molar refractivity (Wildman–Crippen MR) is 39.7 cm³/mol. The van der Waals surface area contributed by atoms with Gasteiger partial charge in [0.1, 0.15) is 0 Å². The standard InChI is InChI=1S/C8H15NO/c10-4-7-2-1-3-8(7)5-9-6-8/h7,9-10H,1-6H2. The molecule has 2 fully saturated rings. The van der Waals surface area contributed by atoms with Gasteiger partial charge in [-0.3, -0.25) is 0 Å². The van der Waals surface area contributed by atoms with Crippen LogP contribution in [0.3, 0.4) is 0 Å². The number of hydrogen-bond donors (Lipinski definition) is 2. The van der Waals surface area contributed by atoms with Gasteiger partial charge in [0.15, 0.2) is 0 Å². The number of rotatable bonds is 1.